The van der Waals surface area contributed by atoms with Crippen molar-refractivity contribution in [3.05, 3.63) is 69.4 Å². The summed E-state index contributed by atoms with van der Waals surface area (Å²) < 4.78 is 31.2. The molecule has 0 radical (unpaired) electrons. The van der Waals surface area contributed by atoms with Gasteiger partial charge in [-0.05, 0) is 36.6 Å². The van der Waals surface area contributed by atoms with Crippen LogP contribution < -0.4 is 16.8 Å². The Morgan fingerprint density at radius 2 is 2.03 bits per heavy atom. The zero-order valence-corrected chi connectivity index (χ0v) is 22.3. The molecule has 198 valence electrons. The standard InChI is InChI=1S/C27H21ClF2N6O2S/c1-11(13-4-3-8-34-25(13)32)36-9-7-15-20(27(36)38)23(35-12(2)37)22(30)19(21(15)28)14-5-6-17(29)24-18(14)16(10-31)26(33)39-24/h3-6,8,11H,7,9,33H2,1-2H3,(H2,32,34)(H,35,37)/t11-/m1/s1. The van der Waals surface area contributed by atoms with E-state index in [4.69, 9.17) is 23.1 Å². The number of carbonyl (C=O) groups excluding carboxylic acids is 2. The van der Waals surface area contributed by atoms with Gasteiger partial charge in [-0.3, -0.25) is 9.59 Å². The average Bonchev–Trinajstić information content (AvgIpc) is 3.24. The Bertz CT molecular complexity index is 1750. The maximum atomic E-state index is 16.4. The van der Waals surface area contributed by atoms with Gasteiger partial charge in [0.15, 0.2) is 5.82 Å². The largest absolute Gasteiger partial charge is 0.389 e. The molecule has 39 heavy (non-hydrogen) atoms. The second-order valence-electron chi connectivity index (χ2n) is 9.07. The molecule has 2 amide bonds. The van der Waals surface area contributed by atoms with Crippen molar-refractivity contribution >= 4 is 61.3 Å². The zero-order valence-electron chi connectivity index (χ0n) is 20.7. The van der Waals surface area contributed by atoms with Crippen LogP contribution in [0.25, 0.3) is 21.2 Å². The van der Waals surface area contributed by atoms with Crippen LogP contribution in [0.1, 0.15) is 46.9 Å². The number of carbonyl (C=O) groups is 2. The highest BCUT2D eigenvalue weighted by molar-refractivity contribution is 7.23. The number of hydrogen-bond acceptors (Lipinski definition) is 7. The minimum Gasteiger partial charge on any atom is -0.389 e. The Morgan fingerprint density at radius 3 is 2.69 bits per heavy atom. The van der Waals surface area contributed by atoms with Crippen LogP contribution in [0.2, 0.25) is 5.02 Å². The quantitative estimate of drug-likeness (QED) is 0.292. The monoisotopic (exact) mass is 566 g/mol. The molecule has 5 N–H and O–H groups in total. The number of thiophene rings is 1. The predicted molar refractivity (Wildman–Crippen MR) is 147 cm³/mol. The molecule has 0 bridgehead atoms. The molecule has 5 rings (SSSR count). The summed E-state index contributed by atoms with van der Waals surface area (Å²) in [5, 5.41) is 12.3. The van der Waals surface area contributed by atoms with E-state index >= 15 is 4.39 Å². The molecule has 1 aliphatic heterocycles. The normalized spacial score (nSPS) is 13.7. The van der Waals surface area contributed by atoms with E-state index in [1.165, 1.54) is 24.1 Å². The Morgan fingerprint density at radius 1 is 1.28 bits per heavy atom. The Kier molecular flexibility index (Phi) is 6.62. The summed E-state index contributed by atoms with van der Waals surface area (Å²) in [7, 11) is 0. The van der Waals surface area contributed by atoms with Gasteiger partial charge < -0.3 is 21.7 Å². The topological polar surface area (TPSA) is 138 Å². The van der Waals surface area contributed by atoms with Crippen molar-refractivity contribution in [3.8, 4) is 17.2 Å². The minimum atomic E-state index is -0.987. The van der Waals surface area contributed by atoms with E-state index in [2.05, 4.69) is 10.3 Å². The fourth-order valence-electron chi connectivity index (χ4n) is 5.05. The van der Waals surface area contributed by atoms with Gasteiger partial charge in [-0.1, -0.05) is 23.7 Å². The minimum absolute atomic E-state index is 0.0103. The number of nitrogens with two attached hydrogens (primary N) is 2. The van der Waals surface area contributed by atoms with Crippen LogP contribution in [0.3, 0.4) is 0 Å². The molecule has 1 atom stereocenters. The van der Waals surface area contributed by atoms with Crippen molar-refractivity contribution in [3.63, 3.8) is 0 Å². The summed E-state index contributed by atoms with van der Waals surface area (Å²) >= 11 is 7.66. The maximum Gasteiger partial charge on any atom is 0.256 e. The van der Waals surface area contributed by atoms with E-state index in [0.717, 1.165) is 17.4 Å². The number of nitriles is 1. The molecule has 2 aromatic carbocycles. The number of aromatic nitrogens is 1. The van der Waals surface area contributed by atoms with Crippen molar-refractivity contribution < 1.29 is 18.4 Å². The molecule has 0 spiro atoms. The number of halogens is 3. The SMILES string of the molecule is CC(=O)Nc1c(F)c(-c2ccc(F)c3sc(N)c(C#N)c23)c(Cl)c2c1C(=O)N([C@H](C)c1cccnc1N)CC2. The van der Waals surface area contributed by atoms with E-state index in [9.17, 15) is 19.2 Å². The highest BCUT2D eigenvalue weighted by Gasteiger charge is 2.37. The van der Waals surface area contributed by atoms with Crippen LogP contribution >= 0.6 is 22.9 Å². The smallest absolute Gasteiger partial charge is 0.256 e. The third-order valence-corrected chi connectivity index (χ3v) is 8.29. The Hall–Kier alpha value is -4.27. The molecule has 0 unspecified atom stereocenters. The molecular weight excluding hydrogens is 546 g/mol. The number of hydrogen-bond donors (Lipinski definition) is 3. The van der Waals surface area contributed by atoms with E-state index in [0.29, 0.717) is 11.1 Å². The molecule has 3 heterocycles. The summed E-state index contributed by atoms with van der Waals surface area (Å²) in [5.41, 5.74) is 12.5. The summed E-state index contributed by atoms with van der Waals surface area (Å²) in [6.45, 7) is 3.19. The summed E-state index contributed by atoms with van der Waals surface area (Å²) in [4.78, 5) is 31.6. The van der Waals surface area contributed by atoms with Crippen LogP contribution in [0, 0.1) is 23.0 Å². The number of pyridine rings is 1. The Labute approximate surface area is 230 Å². The highest BCUT2D eigenvalue weighted by atomic mass is 35.5. The van der Waals surface area contributed by atoms with Gasteiger partial charge in [0.2, 0.25) is 5.91 Å². The van der Waals surface area contributed by atoms with Gasteiger partial charge in [-0.2, -0.15) is 5.26 Å². The first-order valence-corrected chi connectivity index (χ1v) is 13.0. The molecule has 0 aliphatic carbocycles. The van der Waals surface area contributed by atoms with Gasteiger partial charge in [0.25, 0.3) is 5.91 Å². The van der Waals surface area contributed by atoms with Gasteiger partial charge in [-0.25, -0.2) is 13.8 Å². The molecule has 8 nitrogen and oxygen atoms in total. The summed E-state index contributed by atoms with van der Waals surface area (Å²) in [6.07, 6.45) is 1.77. The number of amides is 2. The van der Waals surface area contributed by atoms with Crippen molar-refractivity contribution in [2.24, 2.45) is 0 Å². The second-order valence-corrected chi connectivity index (χ2v) is 10.5. The number of rotatable bonds is 4. The first-order valence-electron chi connectivity index (χ1n) is 11.8. The lowest BCUT2D eigenvalue weighted by atomic mass is 9.89. The van der Waals surface area contributed by atoms with Gasteiger partial charge in [0, 0.05) is 36.2 Å². The summed E-state index contributed by atoms with van der Waals surface area (Å²) in [5.74, 6) is -2.52. The van der Waals surface area contributed by atoms with Crippen LogP contribution in [0.15, 0.2) is 30.5 Å². The molecule has 4 aromatic rings. The predicted octanol–water partition coefficient (Wildman–Crippen LogP) is 5.65. The van der Waals surface area contributed by atoms with Gasteiger partial charge in [0.05, 0.1) is 32.6 Å². The number of nitrogens with zero attached hydrogens (tertiary/aromatic N) is 3. The fourth-order valence-corrected chi connectivity index (χ4v) is 6.37. The molecule has 0 saturated carbocycles. The van der Waals surface area contributed by atoms with Crippen LogP contribution in [0.5, 0.6) is 0 Å². The third kappa shape index (κ3) is 4.13. The fraction of sp³-hybridized carbons (Fsp3) is 0.185. The number of anilines is 3. The first-order chi connectivity index (χ1) is 18.6. The maximum absolute atomic E-state index is 16.4. The second kappa shape index (κ2) is 9.80. The molecular formula is C27H21ClF2N6O2S. The van der Waals surface area contributed by atoms with E-state index in [1.807, 2.05) is 6.07 Å². The number of benzene rings is 2. The zero-order chi connectivity index (χ0) is 28.2. The first kappa shape index (κ1) is 26.3. The number of nitrogens with one attached hydrogen (secondary N) is 1. The van der Waals surface area contributed by atoms with Gasteiger partial charge in [-0.15, -0.1) is 11.3 Å². The lowest BCUT2D eigenvalue weighted by Gasteiger charge is -2.36. The lowest BCUT2D eigenvalue weighted by Crippen LogP contribution is -2.40. The highest BCUT2D eigenvalue weighted by Crippen LogP contribution is 2.48. The van der Waals surface area contributed by atoms with Crippen LogP contribution in [0.4, 0.5) is 25.3 Å². The molecule has 0 saturated heterocycles. The van der Waals surface area contributed by atoms with E-state index < -0.39 is 29.5 Å². The van der Waals surface area contributed by atoms with E-state index in [1.54, 1.807) is 19.1 Å². The van der Waals surface area contributed by atoms with Gasteiger partial charge >= 0.3 is 0 Å². The van der Waals surface area contributed by atoms with Crippen molar-refractivity contribution in [1.82, 2.24) is 9.88 Å². The Balaban J connectivity index is 1.76. The van der Waals surface area contributed by atoms with Crippen molar-refractivity contribution in [1.29, 1.82) is 5.26 Å². The third-order valence-electron chi connectivity index (χ3n) is 6.84. The van der Waals surface area contributed by atoms with Crippen molar-refractivity contribution in [2.45, 2.75) is 26.3 Å². The van der Waals surface area contributed by atoms with Crippen LogP contribution in [-0.4, -0.2) is 28.2 Å². The summed E-state index contributed by atoms with van der Waals surface area (Å²) in [6, 6.07) is 7.35. The number of nitrogen functional groups attached to an aromatic ring is 2. The lowest BCUT2D eigenvalue weighted by molar-refractivity contribution is -0.114. The van der Waals surface area contributed by atoms with E-state index in [-0.39, 0.29) is 66.8 Å². The number of fused-ring (bicyclic) bond motifs is 2. The van der Waals surface area contributed by atoms with Crippen LogP contribution in [-0.2, 0) is 11.2 Å². The molecule has 2 aromatic heterocycles. The van der Waals surface area contributed by atoms with Crippen molar-refractivity contribution in [2.75, 3.05) is 23.3 Å². The average molecular weight is 567 g/mol. The molecule has 1 aliphatic rings. The van der Waals surface area contributed by atoms with Gasteiger partial charge in [0.1, 0.15) is 22.7 Å². The molecule has 12 heteroatoms. The molecule has 0 fully saturated rings.